The van der Waals surface area contributed by atoms with E-state index in [9.17, 15) is 14.4 Å². The number of piperidine rings is 1. The third kappa shape index (κ3) is 2.73. The lowest BCUT2D eigenvalue weighted by molar-refractivity contribution is -0.151. The summed E-state index contributed by atoms with van der Waals surface area (Å²) in [5.74, 6) is -2.69. The largest absolute Gasteiger partial charge is 0.497 e. The molecule has 0 saturated carbocycles. The maximum Gasteiger partial charge on any atom is 0.324 e. The summed E-state index contributed by atoms with van der Waals surface area (Å²) >= 11 is 3.40. The van der Waals surface area contributed by atoms with E-state index in [1.807, 2.05) is 0 Å². The molecule has 4 rings (SSSR count). The SMILES string of the molecule is COc1ccc(N2C(=O)[C@H]3C(=O)Oc4ccc(Br)cc4[C@@H]3[C@@H](C)C2=O)cc1. The Hall–Kier alpha value is -2.67. The van der Waals surface area contributed by atoms with Gasteiger partial charge in [0.15, 0.2) is 0 Å². The number of carbonyl (C=O) groups is 3. The van der Waals surface area contributed by atoms with Crippen LogP contribution in [-0.4, -0.2) is 24.9 Å². The number of hydrogen-bond donors (Lipinski definition) is 0. The minimum Gasteiger partial charge on any atom is -0.497 e. The molecule has 3 atom stereocenters. The second-order valence-corrected chi connectivity index (χ2v) is 7.52. The Labute approximate surface area is 164 Å². The number of fused-ring (bicyclic) bond motifs is 3. The van der Waals surface area contributed by atoms with E-state index in [2.05, 4.69) is 15.9 Å². The fraction of sp³-hybridized carbons (Fsp3) is 0.250. The van der Waals surface area contributed by atoms with E-state index < -0.39 is 29.6 Å². The van der Waals surface area contributed by atoms with Gasteiger partial charge in [-0.3, -0.25) is 14.4 Å². The topological polar surface area (TPSA) is 72.9 Å². The van der Waals surface area contributed by atoms with Gasteiger partial charge >= 0.3 is 5.97 Å². The summed E-state index contributed by atoms with van der Waals surface area (Å²) in [6.45, 7) is 1.74. The van der Waals surface area contributed by atoms with Gasteiger partial charge in [-0.15, -0.1) is 0 Å². The average molecular weight is 430 g/mol. The van der Waals surface area contributed by atoms with Crippen LogP contribution >= 0.6 is 15.9 Å². The Morgan fingerprint density at radius 3 is 2.41 bits per heavy atom. The Bertz CT molecular complexity index is 955. The number of amides is 2. The minimum atomic E-state index is -1.05. The zero-order valence-electron chi connectivity index (χ0n) is 14.6. The standard InChI is InChI=1S/C20H16BrNO5/c1-10-16-14-9-11(21)3-8-15(14)27-20(25)17(16)19(24)22(18(10)23)12-4-6-13(26-2)7-5-12/h3-10,16-17H,1-2H3/t10-,16+,17+/m1/s1. The molecule has 6 nitrogen and oxygen atoms in total. The molecule has 138 valence electrons. The third-order valence-electron chi connectivity index (χ3n) is 5.12. The first-order chi connectivity index (χ1) is 12.9. The predicted octanol–water partition coefficient (Wildman–Crippen LogP) is 3.29. The maximum absolute atomic E-state index is 13.1. The van der Waals surface area contributed by atoms with Crippen LogP contribution in [0.5, 0.6) is 11.5 Å². The molecule has 0 radical (unpaired) electrons. The van der Waals surface area contributed by atoms with Gasteiger partial charge in [0.25, 0.3) is 0 Å². The van der Waals surface area contributed by atoms with Crippen LogP contribution in [0.1, 0.15) is 18.4 Å². The van der Waals surface area contributed by atoms with Crippen molar-refractivity contribution in [2.24, 2.45) is 11.8 Å². The Morgan fingerprint density at radius 1 is 1.04 bits per heavy atom. The molecule has 0 unspecified atom stereocenters. The second-order valence-electron chi connectivity index (χ2n) is 6.61. The van der Waals surface area contributed by atoms with Crippen molar-refractivity contribution < 1.29 is 23.9 Å². The van der Waals surface area contributed by atoms with Crippen LogP contribution in [0.2, 0.25) is 0 Å². The molecule has 0 aliphatic carbocycles. The highest BCUT2D eigenvalue weighted by atomic mass is 79.9. The van der Waals surface area contributed by atoms with E-state index >= 15 is 0 Å². The molecular weight excluding hydrogens is 414 g/mol. The smallest absolute Gasteiger partial charge is 0.324 e. The normalized spacial score (nSPS) is 24.2. The van der Waals surface area contributed by atoms with Crippen LogP contribution < -0.4 is 14.4 Å². The van der Waals surface area contributed by atoms with Crippen LogP contribution in [0, 0.1) is 11.8 Å². The third-order valence-corrected chi connectivity index (χ3v) is 5.61. The molecule has 2 aromatic carbocycles. The van der Waals surface area contributed by atoms with Crippen LogP contribution in [0.25, 0.3) is 0 Å². The van der Waals surface area contributed by atoms with Gasteiger partial charge in [0.05, 0.1) is 12.8 Å². The van der Waals surface area contributed by atoms with Crippen LogP contribution in [0.4, 0.5) is 5.69 Å². The van der Waals surface area contributed by atoms with Crippen LogP contribution in [0.15, 0.2) is 46.9 Å². The van der Waals surface area contributed by atoms with Gasteiger partial charge in [-0.2, -0.15) is 0 Å². The molecule has 2 amide bonds. The molecule has 0 aromatic heterocycles. The van der Waals surface area contributed by atoms with E-state index in [0.29, 0.717) is 22.7 Å². The molecule has 0 bridgehead atoms. The summed E-state index contributed by atoms with van der Waals surface area (Å²) in [6, 6.07) is 11.8. The van der Waals surface area contributed by atoms with Crippen molar-refractivity contribution in [2.75, 3.05) is 12.0 Å². The van der Waals surface area contributed by atoms with Gasteiger partial charge in [-0.1, -0.05) is 22.9 Å². The van der Waals surface area contributed by atoms with Crippen molar-refractivity contribution in [3.8, 4) is 11.5 Å². The number of hydrogen-bond acceptors (Lipinski definition) is 5. The van der Waals surface area contributed by atoms with E-state index in [4.69, 9.17) is 9.47 Å². The molecule has 2 aliphatic heterocycles. The van der Waals surface area contributed by atoms with Crippen molar-refractivity contribution in [1.29, 1.82) is 0 Å². The first-order valence-corrected chi connectivity index (χ1v) is 9.24. The Kier molecular flexibility index (Phi) is 4.26. The highest BCUT2D eigenvalue weighted by Gasteiger charge is 2.54. The lowest BCUT2D eigenvalue weighted by atomic mass is 9.72. The first kappa shape index (κ1) is 17.7. The maximum atomic E-state index is 13.1. The van der Waals surface area contributed by atoms with Crippen molar-refractivity contribution >= 4 is 39.4 Å². The molecule has 0 spiro atoms. The summed E-state index contributed by atoms with van der Waals surface area (Å²) in [5, 5.41) is 0. The number of imide groups is 1. The molecule has 0 N–H and O–H groups in total. The highest BCUT2D eigenvalue weighted by Crippen LogP contribution is 2.47. The van der Waals surface area contributed by atoms with Crippen LogP contribution in [0.3, 0.4) is 0 Å². The number of rotatable bonds is 2. The Balaban J connectivity index is 1.79. The number of halogens is 1. The minimum absolute atomic E-state index is 0.341. The quantitative estimate of drug-likeness (QED) is 0.317. The van der Waals surface area contributed by atoms with Crippen molar-refractivity contribution in [2.45, 2.75) is 12.8 Å². The lowest BCUT2D eigenvalue weighted by Crippen LogP contribution is -2.57. The summed E-state index contributed by atoms with van der Waals surface area (Å²) in [7, 11) is 1.53. The van der Waals surface area contributed by atoms with Gasteiger partial charge in [0, 0.05) is 21.9 Å². The summed E-state index contributed by atoms with van der Waals surface area (Å²) in [5.41, 5.74) is 1.10. The summed E-state index contributed by atoms with van der Waals surface area (Å²) in [4.78, 5) is 39.9. The molecule has 2 aliphatic rings. The van der Waals surface area contributed by atoms with Crippen molar-refractivity contribution in [3.05, 3.63) is 52.5 Å². The lowest BCUT2D eigenvalue weighted by Gasteiger charge is -2.42. The number of methoxy groups -OCH3 is 1. The number of nitrogens with zero attached hydrogens (tertiary/aromatic N) is 1. The molecular formula is C20H16BrNO5. The van der Waals surface area contributed by atoms with Crippen molar-refractivity contribution in [3.63, 3.8) is 0 Å². The molecule has 7 heteroatoms. The van der Waals surface area contributed by atoms with Gasteiger partial charge < -0.3 is 9.47 Å². The molecule has 27 heavy (non-hydrogen) atoms. The number of ether oxygens (including phenoxy) is 2. The van der Waals surface area contributed by atoms with Gasteiger partial charge in [-0.25, -0.2) is 4.90 Å². The zero-order chi connectivity index (χ0) is 19.3. The monoisotopic (exact) mass is 429 g/mol. The fourth-order valence-corrected chi connectivity index (χ4v) is 4.15. The van der Waals surface area contributed by atoms with E-state index in [0.717, 1.165) is 9.37 Å². The number of anilines is 1. The van der Waals surface area contributed by atoms with Crippen LogP contribution in [-0.2, 0) is 14.4 Å². The number of carbonyl (C=O) groups excluding carboxylic acids is 3. The molecule has 1 saturated heterocycles. The second kappa shape index (κ2) is 6.49. The van der Waals surface area contributed by atoms with Gasteiger partial charge in [0.2, 0.25) is 11.8 Å². The summed E-state index contributed by atoms with van der Waals surface area (Å²) < 4.78 is 11.3. The van der Waals surface area contributed by atoms with Gasteiger partial charge in [0.1, 0.15) is 17.4 Å². The first-order valence-electron chi connectivity index (χ1n) is 8.45. The van der Waals surface area contributed by atoms with Crippen molar-refractivity contribution in [1.82, 2.24) is 0 Å². The van der Waals surface area contributed by atoms with E-state index in [1.54, 1.807) is 49.4 Å². The molecule has 1 fully saturated rings. The molecule has 2 aromatic rings. The predicted molar refractivity (Wildman–Crippen MR) is 101 cm³/mol. The average Bonchev–Trinajstić information content (AvgIpc) is 2.66. The fourth-order valence-electron chi connectivity index (χ4n) is 3.77. The van der Waals surface area contributed by atoms with E-state index in [-0.39, 0.29) is 5.91 Å². The zero-order valence-corrected chi connectivity index (χ0v) is 16.2. The molecule has 2 heterocycles. The van der Waals surface area contributed by atoms with Gasteiger partial charge in [-0.05, 0) is 42.5 Å². The number of esters is 1. The van der Waals surface area contributed by atoms with E-state index in [1.165, 1.54) is 7.11 Å². The number of benzene rings is 2. The highest BCUT2D eigenvalue weighted by molar-refractivity contribution is 9.10. The Morgan fingerprint density at radius 2 is 1.74 bits per heavy atom. The summed E-state index contributed by atoms with van der Waals surface area (Å²) in [6.07, 6.45) is 0.